The van der Waals surface area contributed by atoms with Gasteiger partial charge in [-0.05, 0) is 160 Å². The van der Waals surface area contributed by atoms with E-state index >= 15 is 0 Å². The Bertz CT molecular complexity index is 1380. The van der Waals surface area contributed by atoms with E-state index in [1.807, 2.05) is 6.07 Å². The molecule has 0 spiro atoms. The van der Waals surface area contributed by atoms with Gasteiger partial charge >= 0.3 is 6.18 Å². The highest BCUT2D eigenvalue weighted by atomic mass is 32.2. The van der Waals surface area contributed by atoms with Gasteiger partial charge in [-0.2, -0.15) is 13.2 Å². The molecule has 0 bridgehead atoms. The second-order valence-electron chi connectivity index (χ2n) is 18.5. The first-order chi connectivity index (χ1) is 21.7. The molecule has 47 heavy (non-hydrogen) atoms. The predicted octanol–water partition coefficient (Wildman–Crippen LogP) is 9.53. The van der Waals surface area contributed by atoms with Gasteiger partial charge in [-0.25, -0.2) is 8.42 Å². The molecule has 5 saturated carbocycles. The Labute approximate surface area is 281 Å². The number of rotatable bonds is 6. The van der Waals surface area contributed by atoms with Crippen molar-refractivity contribution in [1.82, 2.24) is 0 Å². The molecular formula is C39H59F3O4S. The van der Waals surface area contributed by atoms with Crippen LogP contribution in [-0.4, -0.2) is 41.3 Å². The Balaban J connectivity index is 1.22. The Kier molecular flexibility index (Phi) is 9.11. The summed E-state index contributed by atoms with van der Waals surface area (Å²) in [4.78, 5) is 0.336. The zero-order chi connectivity index (χ0) is 34.3. The first kappa shape index (κ1) is 35.7. The van der Waals surface area contributed by atoms with Crippen molar-refractivity contribution in [2.24, 2.45) is 51.8 Å². The molecule has 8 unspecified atom stereocenters. The van der Waals surface area contributed by atoms with E-state index in [0.717, 1.165) is 51.4 Å². The molecule has 2 N–H and O–H groups in total. The Hall–Kier alpha value is -1.12. The fourth-order valence-corrected chi connectivity index (χ4v) is 14.0. The van der Waals surface area contributed by atoms with Gasteiger partial charge in [-0.15, -0.1) is 0 Å². The monoisotopic (exact) mass is 680 g/mol. The third-order valence-electron chi connectivity index (χ3n) is 15.3. The molecule has 5 fully saturated rings. The first-order valence-corrected chi connectivity index (χ1v) is 20.1. The minimum absolute atomic E-state index is 0.0251. The van der Waals surface area contributed by atoms with Crippen LogP contribution in [0.1, 0.15) is 131 Å². The predicted molar refractivity (Wildman–Crippen MR) is 179 cm³/mol. The van der Waals surface area contributed by atoms with Crippen molar-refractivity contribution >= 4 is 9.84 Å². The van der Waals surface area contributed by atoms with E-state index in [0.29, 0.717) is 54.3 Å². The van der Waals surface area contributed by atoms with E-state index in [-0.39, 0.29) is 47.3 Å². The molecular weight excluding hydrogens is 621 g/mol. The number of halogens is 3. The molecule has 6 rings (SSSR count). The highest BCUT2D eigenvalue weighted by Crippen LogP contribution is 2.69. The summed E-state index contributed by atoms with van der Waals surface area (Å²) in [5.41, 5.74) is -3.62. The van der Waals surface area contributed by atoms with Crippen molar-refractivity contribution in [2.45, 2.75) is 158 Å². The fourth-order valence-electron chi connectivity index (χ4n) is 12.1. The summed E-state index contributed by atoms with van der Waals surface area (Å²) in [7, 11) is -3.68. The van der Waals surface area contributed by atoms with E-state index in [9.17, 15) is 31.8 Å². The SMILES string of the molecule is CC(C)(C)C1CCC(O)(CC(CC2CCC3C4CCC5C[C@](O)(C(F)(F)F)CCC5(C)C4CCC23C)S(=O)(=O)c2ccccc2)CC1. The topological polar surface area (TPSA) is 74.6 Å². The summed E-state index contributed by atoms with van der Waals surface area (Å²) in [6.07, 6.45) is 4.85. The van der Waals surface area contributed by atoms with Gasteiger partial charge in [0.25, 0.3) is 0 Å². The van der Waals surface area contributed by atoms with Gasteiger partial charge in [0, 0.05) is 0 Å². The standard InChI is InChI=1S/C39H59F3O4S/c1-34(2,3)26-15-19-37(43,20-16-26)25-30(47(45,46)29-9-7-6-8-10-29)23-27-12-14-32-31-13-11-28-24-38(44,39(40,41)42)22-21-36(28,5)33(31)17-18-35(27,32)4/h6-10,26-28,30-33,43-44H,11-25H2,1-5H3/t26?,27?,28?,30?,31?,32?,33?,35?,36?,37?,38-/m0/s1. The highest BCUT2D eigenvalue weighted by molar-refractivity contribution is 7.92. The molecule has 8 heteroatoms. The molecule has 1 aromatic carbocycles. The average Bonchev–Trinajstić information content (AvgIpc) is 3.32. The molecule has 266 valence electrons. The smallest absolute Gasteiger partial charge is 0.390 e. The van der Waals surface area contributed by atoms with Crippen LogP contribution in [0, 0.1) is 51.8 Å². The Morgan fingerprint density at radius 3 is 2.06 bits per heavy atom. The minimum atomic E-state index is -4.59. The molecule has 0 aliphatic heterocycles. The zero-order valence-corrected chi connectivity index (χ0v) is 30.1. The molecule has 5 aliphatic rings. The molecule has 0 heterocycles. The summed E-state index contributed by atoms with van der Waals surface area (Å²) in [5, 5.41) is 21.9. The lowest BCUT2D eigenvalue weighted by Gasteiger charge is -2.62. The molecule has 0 radical (unpaired) electrons. The lowest BCUT2D eigenvalue weighted by atomic mass is 9.43. The summed E-state index contributed by atoms with van der Waals surface area (Å²) >= 11 is 0. The minimum Gasteiger partial charge on any atom is -0.390 e. The second kappa shape index (κ2) is 12.0. The molecule has 9 atom stereocenters. The third kappa shape index (κ3) is 6.25. The summed E-state index contributed by atoms with van der Waals surface area (Å²) in [6.45, 7) is 11.3. The van der Waals surface area contributed by atoms with Gasteiger partial charge in [0.2, 0.25) is 0 Å². The van der Waals surface area contributed by atoms with Crippen LogP contribution in [0.5, 0.6) is 0 Å². The van der Waals surface area contributed by atoms with Crippen molar-refractivity contribution in [3.05, 3.63) is 30.3 Å². The van der Waals surface area contributed by atoms with E-state index in [2.05, 4.69) is 34.6 Å². The Morgan fingerprint density at radius 2 is 1.45 bits per heavy atom. The highest BCUT2D eigenvalue weighted by Gasteiger charge is 2.65. The molecule has 0 saturated heterocycles. The normalized spacial score (nSPS) is 43.4. The summed E-state index contributed by atoms with van der Waals surface area (Å²) < 4.78 is 70.2. The number of alkyl halides is 3. The quantitative estimate of drug-likeness (QED) is 0.314. The van der Waals surface area contributed by atoms with Crippen LogP contribution in [0.2, 0.25) is 0 Å². The lowest BCUT2D eigenvalue weighted by Crippen LogP contribution is -2.59. The third-order valence-corrected chi connectivity index (χ3v) is 17.4. The van der Waals surface area contributed by atoms with Crippen molar-refractivity contribution < 1.29 is 31.8 Å². The number of aliphatic hydroxyl groups is 2. The molecule has 4 nitrogen and oxygen atoms in total. The number of benzene rings is 1. The van der Waals surface area contributed by atoms with Crippen LogP contribution in [0.25, 0.3) is 0 Å². The van der Waals surface area contributed by atoms with E-state index in [4.69, 9.17) is 0 Å². The van der Waals surface area contributed by atoms with Gasteiger partial charge in [0.15, 0.2) is 15.4 Å². The van der Waals surface area contributed by atoms with Crippen molar-refractivity contribution in [3.63, 3.8) is 0 Å². The largest absolute Gasteiger partial charge is 0.417 e. The van der Waals surface area contributed by atoms with Crippen molar-refractivity contribution in [3.8, 4) is 0 Å². The number of fused-ring (bicyclic) bond motifs is 5. The zero-order valence-electron chi connectivity index (χ0n) is 29.3. The van der Waals surface area contributed by atoms with Gasteiger partial charge in [0.1, 0.15) is 0 Å². The van der Waals surface area contributed by atoms with E-state index < -0.39 is 32.5 Å². The van der Waals surface area contributed by atoms with Crippen LogP contribution in [0.3, 0.4) is 0 Å². The van der Waals surface area contributed by atoms with E-state index in [1.165, 1.54) is 0 Å². The van der Waals surface area contributed by atoms with Crippen molar-refractivity contribution in [2.75, 3.05) is 0 Å². The average molecular weight is 681 g/mol. The molecule has 0 amide bonds. The van der Waals surface area contributed by atoms with Crippen LogP contribution in [0.15, 0.2) is 35.2 Å². The van der Waals surface area contributed by atoms with Gasteiger partial charge in [-0.3, -0.25) is 0 Å². The van der Waals surface area contributed by atoms with Gasteiger partial charge < -0.3 is 10.2 Å². The molecule has 1 aromatic rings. The maximum atomic E-state index is 14.4. The number of hydrogen-bond donors (Lipinski definition) is 2. The molecule has 5 aliphatic carbocycles. The number of hydrogen-bond acceptors (Lipinski definition) is 4. The van der Waals surface area contributed by atoms with Gasteiger partial charge in [-0.1, -0.05) is 52.8 Å². The summed E-state index contributed by atoms with van der Waals surface area (Å²) in [5.74, 6) is 1.81. The van der Waals surface area contributed by atoms with Crippen LogP contribution >= 0.6 is 0 Å². The Morgan fingerprint density at radius 1 is 0.809 bits per heavy atom. The second-order valence-corrected chi connectivity index (χ2v) is 20.7. The van der Waals surface area contributed by atoms with Gasteiger partial charge in [0.05, 0.1) is 15.7 Å². The lowest BCUT2D eigenvalue weighted by molar-refractivity contribution is -0.290. The van der Waals surface area contributed by atoms with Crippen LogP contribution in [0.4, 0.5) is 13.2 Å². The molecule has 0 aromatic heterocycles. The summed E-state index contributed by atoms with van der Waals surface area (Å²) in [6, 6.07) is 8.77. The maximum Gasteiger partial charge on any atom is 0.417 e. The maximum absolute atomic E-state index is 14.4. The van der Waals surface area contributed by atoms with E-state index in [1.54, 1.807) is 24.3 Å². The van der Waals surface area contributed by atoms with Crippen molar-refractivity contribution in [1.29, 1.82) is 0 Å². The fraction of sp³-hybridized carbons (Fsp3) is 0.846. The van der Waals surface area contributed by atoms with Crippen LogP contribution in [-0.2, 0) is 9.84 Å². The number of sulfone groups is 1. The van der Waals surface area contributed by atoms with Crippen LogP contribution < -0.4 is 0 Å². The first-order valence-electron chi connectivity index (χ1n) is 18.5.